The van der Waals surface area contributed by atoms with Crippen LogP contribution in [0.5, 0.6) is 0 Å². The van der Waals surface area contributed by atoms with E-state index < -0.39 is 0 Å². The van der Waals surface area contributed by atoms with Gasteiger partial charge in [0.2, 0.25) is 0 Å². The summed E-state index contributed by atoms with van der Waals surface area (Å²) >= 11 is 0. The Kier molecular flexibility index (Phi) is 4.34. The van der Waals surface area contributed by atoms with E-state index in [4.69, 9.17) is 4.42 Å². The Morgan fingerprint density at radius 1 is 1.08 bits per heavy atom. The first-order chi connectivity index (χ1) is 11.5. The summed E-state index contributed by atoms with van der Waals surface area (Å²) in [5.41, 5.74) is 5.62. The molecule has 3 rings (SSSR count). The van der Waals surface area contributed by atoms with Crippen LogP contribution in [0.3, 0.4) is 0 Å². The molecule has 24 heavy (non-hydrogen) atoms. The van der Waals surface area contributed by atoms with Gasteiger partial charge in [0, 0.05) is 36.3 Å². The number of carbonyl (C=O) groups excluding carboxylic acids is 1. The minimum absolute atomic E-state index is 0.191. The summed E-state index contributed by atoms with van der Waals surface area (Å²) in [6.45, 7) is 8.36. The molecule has 0 aliphatic carbocycles. The Balaban J connectivity index is 1.77. The lowest BCUT2D eigenvalue weighted by molar-refractivity contribution is 0.0927. The Morgan fingerprint density at radius 3 is 2.50 bits per heavy atom. The highest BCUT2D eigenvalue weighted by Gasteiger charge is 2.19. The number of hydrogen-bond donors (Lipinski definition) is 1. The highest BCUT2D eigenvalue weighted by atomic mass is 16.3. The molecule has 0 spiro atoms. The van der Waals surface area contributed by atoms with Crippen molar-refractivity contribution in [3.63, 3.8) is 0 Å². The van der Waals surface area contributed by atoms with Crippen LogP contribution in [0.2, 0.25) is 0 Å². The Hall–Kier alpha value is -2.69. The zero-order valence-corrected chi connectivity index (χ0v) is 14.4. The van der Waals surface area contributed by atoms with E-state index in [9.17, 15) is 4.79 Å². The third-order valence-electron chi connectivity index (χ3n) is 4.32. The molecular weight excluding hydrogens is 302 g/mol. The number of furan rings is 1. The van der Waals surface area contributed by atoms with Crippen molar-refractivity contribution in [1.82, 2.24) is 15.3 Å². The number of nitrogens with zero attached hydrogens (tertiary/aromatic N) is 2. The molecule has 5 nitrogen and oxygen atoms in total. The van der Waals surface area contributed by atoms with E-state index in [1.165, 1.54) is 0 Å². The van der Waals surface area contributed by atoms with Crippen LogP contribution in [-0.4, -0.2) is 22.4 Å². The number of hydrogen-bond acceptors (Lipinski definition) is 4. The minimum atomic E-state index is -0.191. The number of carbonyl (C=O) groups is 1. The fraction of sp³-hybridized carbons (Fsp3) is 0.316. The normalized spacial score (nSPS) is 11.0. The van der Waals surface area contributed by atoms with Crippen molar-refractivity contribution in [1.29, 1.82) is 0 Å². The van der Waals surface area contributed by atoms with Crippen molar-refractivity contribution < 1.29 is 9.21 Å². The van der Waals surface area contributed by atoms with Crippen LogP contribution in [0.25, 0.3) is 11.0 Å². The topological polar surface area (TPSA) is 68.0 Å². The van der Waals surface area contributed by atoms with Gasteiger partial charge in [0.05, 0.1) is 11.4 Å². The summed E-state index contributed by atoms with van der Waals surface area (Å²) in [7, 11) is 0. The van der Waals surface area contributed by atoms with Gasteiger partial charge in [-0.1, -0.05) is 12.1 Å². The molecule has 1 aromatic carbocycles. The second-order valence-electron chi connectivity index (χ2n) is 6.05. The smallest absolute Gasteiger partial charge is 0.287 e. The van der Waals surface area contributed by atoms with Gasteiger partial charge in [-0.15, -0.1) is 0 Å². The molecule has 0 atom stereocenters. The number of nitrogens with one attached hydrogen (secondary N) is 1. The van der Waals surface area contributed by atoms with Crippen LogP contribution < -0.4 is 5.32 Å². The van der Waals surface area contributed by atoms with Crippen molar-refractivity contribution in [2.24, 2.45) is 0 Å². The summed E-state index contributed by atoms with van der Waals surface area (Å²) in [6.07, 6.45) is 3.97. The lowest BCUT2D eigenvalue weighted by atomic mass is 10.0. The average Bonchev–Trinajstić information content (AvgIpc) is 2.92. The predicted octanol–water partition coefficient (Wildman–Crippen LogP) is 3.43. The predicted molar refractivity (Wildman–Crippen MR) is 93.2 cm³/mol. The summed E-state index contributed by atoms with van der Waals surface area (Å²) in [5, 5.41) is 3.95. The maximum absolute atomic E-state index is 12.5. The van der Waals surface area contributed by atoms with Crippen LogP contribution in [0, 0.1) is 27.7 Å². The molecule has 3 aromatic rings. The first kappa shape index (κ1) is 16.2. The van der Waals surface area contributed by atoms with E-state index in [1.807, 2.05) is 33.8 Å². The molecule has 124 valence electrons. The molecule has 0 radical (unpaired) electrons. The molecule has 0 unspecified atom stereocenters. The van der Waals surface area contributed by atoms with E-state index in [-0.39, 0.29) is 5.91 Å². The molecule has 1 N–H and O–H groups in total. The summed E-state index contributed by atoms with van der Waals surface area (Å²) in [5.74, 6) is 0.197. The SMILES string of the molecule is Cc1nccnc1CCNC(=O)c1oc2c(C)ccc(C)c2c1C. The van der Waals surface area contributed by atoms with Crippen LogP contribution >= 0.6 is 0 Å². The highest BCUT2D eigenvalue weighted by Crippen LogP contribution is 2.30. The van der Waals surface area contributed by atoms with Crippen molar-refractivity contribution in [2.75, 3.05) is 6.54 Å². The van der Waals surface area contributed by atoms with Crippen LogP contribution in [0.4, 0.5) is 0 Å². The van der Waals surface area contributed by atoms with Gasteiger partial charge < -0.3 is 9.73 Å². The standard InChI is InChI=1S/C19H21N3O2/c1-11-5-6-12(2)17-16(11)13(3)18(24-17)19(23)22-8-7-15-14(4)20-9-10-21-15/h5-6,9-10H,7-8H2,1-4H3,(H,22,23). The number of fused-ring (bicyclic) bond motifs is 1. The molecule has 2 heterocycles. The van der Waals surface area contributed by atoms with Gasteiger partial charge in [0.25, 0.3) is 5.91 Å². The van der Waals surface area contributed by atoms with E-state index in [0.717, 1.165) is 39.0 Å². The summed E-state index contributed by atoms with van der Waals surface area (Å²) < 4.78 is 5.86. The maximum Gasteiger partial charge on any atom is 0.287 e. The first-order valence-corrected chi connectivity index (χ1v) is 8.03. The molecule has 5 heteroatoms. The molecule has 0 aliphatic heterocycles. The quantitative estimate of drug-likeness (QED) is 0.799. The van der Waals surface area contributed by atoms with Gasteiger partial charge in [-0.25, -0.2) is 0 Å². The average molecular weight is 323 g/mol. The monoisotopic (exact) mass is 323 g/mol. The van der Waals surface area contributed by atoms with Crippen molar-refractivity contribution in [3.8, 4) is 0 Å². The van der Waals surface area contributed by atoms with Gasteiger partial charge in [-0.2, -0.15) is 0 Å². The molecule has 0 aliphatic rings. The number of aromatic nitrogens is 2. The van der Waals surface area contributed by atoms with Gasteiger partial charge >= 0.3 is 0 Å². The molecule has 0 saturated heterocycles. The highest BCUT2D eigenvalue weighted by molar-refractivity contribution is 6.00. The molecular formula is C19H21N3O2. The van der Waals surface area contributed by atoms with Crippen molar-refractivity contribution in [3.05, 3.63) is 58.4 Å². The van der Waals surface area contributed by atoms with Gasteiger partial charge in [-0.3, -0.25) is 14.8 Å². The third kappa shape index (κ3) is 2.89. The lowest BCUT2D eigenvalue weighted by Gasteiger charge is -2.05. The van der Waals surface area contributed by atoms with E-state index in [0.29, 0.717) is 18.7 Å². The molecule has 0 fully saturated rings. The number of aryl methyl sites for hydroxylation is 4. The molecule has 1 amide bonds. The van der Waals surface area contributed by atoms with Gasteiger partial charge in [-0.05, 0) is 38.8 Å². The minimum Gasteiger partial charge on any atom is -0.450 e. The maximum atomic E-state index is 12.5. The number of amides is 1. The lowest BCUT2D eigenvalue weighted by Crippen LogP contribution is -2.26. The van der Waals surface area contributed by atoms with Crippen LogP contribution in [-0.2, 0) is 6.42 Å². The number of benzene rings is 1. The van der Waals surface area contributed by atoms with E-state index in [1.54, 1.807) is 12.4 Å². The summed E-state index contributed by atoms with van der Waals surface area (Å²) in [6, 6.07) is 4.07. The van der Waals surface area contributed by atoms with Gasteiger partial charge in [0.15, 0.2) is 5.76 Å². The molecule has 0 saturated carbocycles. The third-order valence-corrected chi connectivity index (χ3v) is 4.32. The van der Waals surface area contributed by atoms with Gasteiger partial charge in [0.1, 0.15) is 5.58 Å². The Morgan fingerprint density at radius 2 is 1.79 bits per heavy atom. The summed E-state index contributed by atoms with van der Waals surface area (Å²) in [4.78, 5) is 21.0. The first-order valence-electron chi connectivity index (χ1n) is 8.03. The number of rotatable bonds is 4. The van der Waals surface area contributed by atoms with Crippen LogP contribution in [0.1, 0.15) is 38.6 Å². The fourth-order valence-electron chi connectivity index (χ4n) is 2.95. The Bertz CT molecular complexity index is 912. The molecule has 0 bridgehead atoms. The Labute approximate surface area is 141 Å². The van der Waals surface area contributed by atoms with E-state index in [2.05, 4.69) is 21.4 Å². The zero-order valence-electron chi connectivity index (χ0n) is 14.4. The zero-order chi connectivity index (χ0) is 17.3. The molecule has 2 aromatic heterocycles. The largest absolute Gasteiger partial charge is 0.450 e. The fourth-order valence-corrected chi connectivity index (χ4v) is 2.95. The van der Waals surface area contributed by atoms with Crippen molar-refractivity contribution >= 4 is 16.9 Å². The second kappa shape index (κ2) is 6.43. The van der Waals surface area contributed by atoms with E-state index >= 15 is 0 Å². The van der Waals surface area contributed by atoms with Crippen molar-refractivity contribution in [2.45, 2.75) is 34.1 Å². The second-order valence-corrected chi connectivity index (χ2v) is 6.05. The van der Waals surface area contributed by atoms with Crippen LogP contribution in [0.15, 0.2) is 28.9 Å².